The highest BCUT2D eigenvalue weighted by Crippen LogP contribution is 2.24. The lowest BCUT2D eigenvalue weighted by Crippen LogP contribution is -2.39. The second kappa shape index (κ2) is 10.8. The summed E-state index contributed by atoms with van der Waals surface area (Å²) in [6.45, 7) is 7.79. The van der Waals surface area contributed by atoms with Gasteiger partial charge in [-0.1, -0.05) is 32.4 Å². The third-order valence-electron chi connectivity index (χ3n) is 4.08. The van der Waals surface area contributed by atoms with Crippen molar-refractivity contribution in [1.29, 1.82) is 0 Å². The molecular formula is C22H29ClN4O3. The topological polar surface area (TPSA) is 97.5 Å². The highest BCUT2D eigenvalue weighted by atomic mass is 35.5. The second-order valence-corrected chi connectivity index (χ2v) is 8.63. The van der Waals surface area contributed by atoms with Crippen LogP contribution in [0, 0.1) is 5.41 Å². The van der Waals surface area contributed by atoms with Crippen LogP contribution >= 0.6 is 11.6 Å². The molecule has 162 valence electrons. The van der Waals surface area contributed by atoms with Gasteiger partial charge in [0.2, 0.25) is 5.91 Å². The van der Waals surface area contributed by atoms with Crippen molar-refractivity contribution in [2.24, 2.45) is 11.1 Å². The zero-order valence-electron chi connectivity index (χ0n) is 17.7. The first-order valence-electron chi connectivity index (χ1n) is 9.79. The molecule has 7 nitrogen and oxygen atoms in total. The minimum Gasteiger partial charge on any atom is -0.492 e. The van der Waals surface area contributed by atoms with Crippen LogP contribution in [0.4, 0.5) is 5.69 Å². The normalized spacial score (nSPS) is 11.1. The Kier molecular flexibility index (Phi) is 8.47. The molecule has 0 unspecified atom stereocenters. The quantitative estimate of drug-likeness (QED) is 0.559. The molecule has 8 heteroatoms. The molecule has 0 fully saturated rings. The monoisotopic (exact) mass is 432 g/mol. The number of carbonyl (C=O) groups is 2. The van der Waals surface area contributed by atoms with Crippen molar-refractivity contribution in [3.8, 4) is 5.75 Å². The molecule has 2 rings (SSSR count). The number of primary amides is 1. The first kappa shape index (κ1) is 23.5. The number of aromatic nitrogens is 1. The summed E-state index contributed by atoms with van der Waals surface area (Å²) in [7, 11) is 0. The molecule has 1 aromatic heterocycles. The van der Waals surface area contributed by atoms with Crippen molar-refractivity contribution in [2.75, 3.05) is 31.6 Å². The number of pyridine rings is 1. The number of hydrogen-bond donors (Lipinski definition) is 2. The summed E-state index contributed by atoms with van der Waals surface area (Å²) in [5.41, 5.74) is 6.50. The first-order chi connectivity index (χ1) is 14.1. The van der Waals surface area contributed by atoms with E-state index in [2.05, 4.69) is 10.3 Å². The highest BCUT2D eigenvalue weighted by Gasteiger charge is 2.23. The Morgan fingerprint density at radius 3 is 2.53 bits per heavy atom. The van der Waals surface area contributed by atoms with Crippen LogP contribution in [0.1, 0.15) is 37.6 Å². The molecule has 2 aromatic rings. The third-order valence-corrected chi connectivity index (χ3v) is 4.30. The van der Waals surface area contributed by atoms with E-state index < -0.39 is 5.91 Å². The SMILES string of the molecule is CC(C)(C)CN(CCC(N)=O)C(=O)c1cc(Cl)cc(OCCNc2ccncc2)c1. The number of amides is 2. The van der Waals surface area contributed by atoms with Crippen LogP contribution < -0.4 is 15.8 Å². The van der Waals surface area contributed by atoms with Gasteiger partial charge in [0.05, 0.1) is 0 Å². The molecule has 0 saturated carbocycles. The highest BCUT2D eigenvalue weighted by molar-refractivity contribution is 6.31. The maximum absolute atomic E-state index is 13.1. The Morgan fingerprint density at radius 1 is 1.20 bits per heavy atom. The fourth-order valence-electron chi connectivity index (χ4n) is 2.86. The molecule has 0 bridgehead atoms. The van der Waals surface area contributed by atoms with Crippen LogP contribution in [0.25, 0.3) is 0 Å². The van der Waals surface area contributed by atoms with Crippen LogP contribution in [-0.2, 0) is 4.79 Å². The summed E-state index contributed by atoms with van der Waals surface area (Å²) in [5, 5.41) is 3.63. The molecule has 0 saturated heterocycles. The van der Waals surface area contributed by atoms with Gasteiger partial charge in [0, 0.05) is 54.7 Å². The zero-order chi connectivity index (χ0) is 22.1. The molecule has 0 aliphatic carbocycles. The molecule has 0 aliphatic rings. The first-order valence-corrected chi connectivity index (χ1v) is 10.2. The van der Waals surface area contributed by atoms with Gasteiger partial charge in [-0.05, 0) is 35.7 Å². The van der Waals surface area contributed by atoms with Crippen LogP contribution in [0.5, 0.6) is 5.75 Å². The number of rotatable bonds is 10. The van der Waals surface area contributed by atoms with Crippen molar-refractivity contribution >= 4 is 29.1 Å². The standard InChI is InChI=1S/C22H29ClN4O3/c1-22(2,3)15-27(10-6-20(24)28)21(29)16-12-17(23)14-19(13-16)30-11-9-26-18-4-7-25-8-5-18/h4-5,7-8,12-14H,6,9-11,15H2,1-3H3,(H2,24,28)(H,25,26). The Bertz CT molecular complexity index is 853. The summed E-state index contributed by atoms with van der Waals surface area (Å²) < 4.78 is 5.77. The van der Waals surface area contributed by atoms with E-state index >= 15 is 0 Å². The van der Waals surface area contributed by atoms with Crippen LogP contribution in [0.3, 0.4) is 0 Å². The predicted octanol–water partition coefficient (Wildman–Crippen LogP) is 3.59. The van der Waals surface area contributed by atoms with Crippen molar-refractivity contribution in [3.05, 3.63) is 53.3 Å². The second-order valence-electron chi connectivity index (χ2n) is 8.19. The Hall–Kier alpha value is -2.80. The average molecular weight is 433 g/mol. The van der Waals surface area contributed by atoms with E-state index in [1.54, 1.807) is 35.5 Å². The lowest BCUT2D eigenvalue weighted by atomic mass is 9.95. The predicted molar refractivity (Wildman–Crippen MR) is 119 cm³/mol. The molecule has 0 aliphatic heterocycles. The lowest BCUT2D eigenvalue weighted by Gasteiger charge is -2.30. The van der Waals surface area contributed by atoms with Gasteiger partial charge in [-0.15, -0.1) is 0 Å². The number of ether oxygens (including phenoxy) is 1. The molecular weight excluding hydrogens is 404 g/mol. The maximum Gasteiger partial charge on any atom is 0.254 e. The van der Waals surface area contributed by atoms with Crippen molar-refractivity contribution in [3.63, 3.8) is 0 Å². The number of carbonyl (C=O) groups excluding carboxylic acids is 2. The van der Waals surface area contributed by atoms with Crippen LogP contribution in [0.2, 0.25) is 5.02 Å². The fraction of sp³-hybridized carbons (Fsp3) is 0.409. The summed E-state index contributed by atoms with van der Waals surface area (Å²) in [4.78, 5) is 29.9. The van der Waals surface area contributed by atoms with Gasteiger partial charge in [0.25, 0.3) is 5.91 Å². The number of halogens is 1. The molecule has 1 heterocycles. The molecule has 2 amide bonds. The van der Waals surface area contributed by atoms with Gasteiger partial charge in [-0.3, -0.25) is 14.6 Å². The number of nitrogens with one attached hydrogen (secondary N) is 1. The average Bonchev–Trinajstić information content (AvgIpc) is 2.67. The lowest BCUT2D eigenvalue weighted by molar-refractivity contribution is -0.118. The van der Waals surface area contributed by atoms with E-state index in [1.165, 1.54) is 0 Å². The van der Waals surface area contributed by atoms with E-state index in [-0.39, 0.29) is 24.3 Å². The largest absolute Gasteiger partial charge is 0.492 e. The van der Waals surface area contributed by atoms with E-state index in [4.69, 9.17) is 22.1 Å². The van der Waals surface area contributed by atoms with Gasteiger partial charge < -0.3 is 20.7 Å². The third kappa shape index (κ3) is 8.29. The minimum atomic E-state index is -0.446. The molecule has 30 heavy (non-hydrogen) atoms. The van der Waals surface area contributed by atoms with Crippen LogP contribution in [-0.4, -0.2) is 47.9 Å². The molecule has 0 spiro atoms. The molecule has 1 aromatic carbocycles. The van der Waals surface area contributed by atoms with Crippen LogP contribution in [0.15, 0.2) is 42.7 Å². The van der Waals surface area contributed by atoms with Crippen molar-refractivity contribution in [1.82, 2.24) is 9.88 Å². The Morgan fingerprint density at radius 2 is 1.90 bits per heavy atom. The number of benzene rings is 1. The van der Waals surface area contributed by atoms with Gasteiger partial charge in [0.15, 0.2) is 0 Å². The smallest absolute Gasteiger partial charge is 0.254 e. The number of nitrogens with zero attached hydrogens (tertiary/aromatic N) is 2. The molecule has 3 N–H and O–H groups in total. The van der Waals surface area contributed by atoms with E-state index in [0.29, 0.717) is 36.0 Å². The van der Waals surface area contributed by atoms with Gasteiger partial charge >= 0.3 is 0 Å². The summed E-state index contributed by atoms with van der Waals surface area (Å²) >= 11 is 6.22. The van der Waals surface area contributed by atoms with Crippen molar-refractivity contribution < 1.29 is 14.3 Å². The molecule has 0 atom stereocenters. The van der Waals surface area contributed by atoms with Gasteiger partial charge in [0.1, 0.15) is 12.4 Å². The summed E-state index contributed by atoms with van der Waals surface area (Å²) in [6.07, 6.45) is 3.52. The fourth-order valence-corrected chi connectivity index (χ4v) is 3.08. The Labute approximate surface area is 182 Å². The zero-order valence-corrected chi connectivity index (χ0v) is 18.4. The molecule has 0 radical (unpaired) electrons. The van der Waals surface area contributed by atoms with E-state index in [9.17, 15) is 9.59 Å². The minimum absolute atomic E-state index is 0.104. The van der Waals surface area contributed by atoms with Gasteiger partial charge in [-0.25, -0.2) is 0 Å². The summed E-state index contributed by atoms with van der Waals surface area (Å²) in [5.74, 6) is -0.153. The van der Waals surface area contributed by atoms with Gasteiger partial charge in [-0.2, -0.15) is 0 Å². The number of anilines is 1. The summed E-state index contributed by atoms with van der Waals surface area (Å²) in [6, 6.07) is 8.67. The number of nitrogens with two attached hydrogens (primary N) is 1. The maximum atomic E-state index is 13.1. The Balaban J connectivity index is 2.04. The van der Waals surface area contributed by atoms with Crippen molar-refractivity contribution in [2.45, 2.75) is 27.2 Å². The van der Waals surface area contributed by atoms with E-state index in [0.717, 1.165) is 5.69 Å². The van der Waals surface area contributed by atoms with E-state index in [1.807, 2.05) is 32.9 Å². The number of hydrogen-bond acceptors (Lipinski definition) is 5.